The van der Waals surface area contributed by atoms with E-state index in [9.17, 15) is 10.1 Å². The maximum Gasteiger partial charge on any atom is 0.180 e. The molecule has 2 aromatic rings. The Bertz CT molecular complexity index is 1110. The summed E-state index contributed by atoms with van der Waals surface area (Å²) in [6.45, 7) is 7.18. The third kappa shape index (κ3) is 4.28. The SMILES string of the molecule is CC1(C)[C@@H]2CC[C@@]1(C)[C@H]1O[C@H](O[C@@H](C#N)COc3ccccc3C(=O)CCc3ccccc3)C[C@@H]21. The van der Waals surface area contributed by atoms with Gasteiger partial charge in [0.1, 0.15) is 12.4 Å². The van der Waals surface area contributed by atoms with E-state index in [0.29, 0.717) is 36.0 Å². The van der Waals surface area contributed by atoms with Crippen molar-refractivity contribution in [2.75, 3.05) is 6.61 Å². The van der Waals surface area contributed by atoms with E-state index in [4.69, 9.17) is 14.2 Å². The summed E-state index contributed by atoms with van der Waals surface area (Å²) >= 11 is 0. The van der Waals surface area contributed by atoms with Crippen LogP contribution in [0.1, 0.15) is 62.4 Å². The predicted molar refractivity (Wildman–Crippen MR) is 133 cm³/mol. The molecule has 5 heteroatoms. The van der Waals surface area contributed by atoms with Gasteiger partial charge in [-0.3, -0.25) is 4.79 Å². The van der Waals surface area contributed by atoms with Crippen molar-refractivity contribution in [2.24, 2.45) is 22.7 Å². The fraction of sp³-hybridized carbons (Fsp3) is 0.533. The van der Waals surface area contributed by atoms with E-state index < -0.39 is 6.10 Å². The molecule has 2 bridgehead atoms. The van der Waals surface area contributed by atoms with E-state index in [1.165, 1.54) is 12.8 Å². The molecule has 6 atom stereocenters. The molecule has 35 heavy (non-hydrogen) atoms. The summed E-state index contributed by atoms with van der Waals surface area (Å²) in [5, 5.41) is 9.73. The molecule has 1 aliphatic heterocycles. The monoisotopic (exact) mass is 473 g/mol. The highest BCUT2D eigenvalue weighted by molar-refractivity contribution is 5.98. The van der Waals surface area contributed by atoms with Gasteiger partial charge in [0.15, 0.2) is 18.2 Å². The van der Waals surface area contributed by atoms with Gasteiger partial charge in [-0.05, 0) is 59.6 Å². The molecule has 2 aromatic carbocycles. The first kappa shape index (κ1) is 24.0. The largest absolute Gasteiger partial charge is 0.489 e. The molecule has 2 aliphatic carbocycles. The highest BCUT2D eigenvalue weighted by Crippen LogP contribution is 2.71. The smallest absolute Gasteiger partial charge is 0.180 e. The van der Waals surface area contributed by atoms with Crippen LogP contribution in [0.25, 0.3) is 0 Å². The molecule has 3 fully saturated rings. The van der Waals surface area contributed by atoms with Crippen molar-refractivity contribution in [3.63, 3.8) is 0 Å². The van der Waals surface area contributed by atoms with Crippen LogP contribution in [0.4, 0.5) is 0 Å². The number of ether oxygens (including phenoxy) is 3. The number of Topliss-reactive ketones (excluding diaryl/α,β-unsaturated/α-hetero) is 1. The lowest BCUT2D eigenvalue weighted by Gasteiger charge is -2.38. The molecule has 3 aliphatic rings. The Kier molecular flexibility index (Phi) is 6.46. The number of aryl methyl sites for hydroxylation is 1. The number of benzene rings is 2. The quantitative estimate of drug-likeness (QED) is 0.419. The number of fused-ring (bicyclic) bond motifs is 5. The highest BCUT2D eigenvalue weighted by atomic mass is 16.7. The molecule has 0 spiro atoms. The molecule has 1 heterocycles. The van der Waals surface area contributed by atoms with E-state index in [-0.39, 0.29) is 35.6 Å². The van der Waals surface area contributed by atoms with E-state index in [0.717, 1.165) is 12.0 Å². The fourth-order valence-corrected chi connectivity index (χ4v) is 6.89. The van der Waals surface area contributed by atoms with Crippen LogP contribution in [0.2, 0.25) is 0 Å². The third-order valence-corrected chi connectivity index (χ3v) is 9.19. The molecular formula is C30H35NO4. The number of carbonyl (C=O) groups is 1. The average Bonchev–Trinajstić information content (AvgIpc) is 3.44. The molecular weight excluding hydrogens is 438 g/mol. The molecule has 0 unspecified atom stereocenters. The molecule has 0 aromatic heterocycles. The highest BCUT2D eigenvalue weighted by Gasteiger charge is 2.69. The first-order valence-corrected chi connectivity index (χ1v) is 12.8. The zero-order chi connectivity index (χ0) is 24.6. The number of nitriles is 1. The van der Waals surface area contributed by atoms with Crippen molar-refractivity contribution in [2.45, 2.75) is 71.4 Å². The van der Waals surface area contributed by atoms with Crippen LogP contribution in [0, 0.1) is 34.0 Å². The molecule has 2 saturated carbocycles. The van der Waals surface area contributed by atoms with Crippen LogP contribution in [-0.4, -0.2) is 30.9 Å². The summed E-state index contributed by atoms with van der Waals surface area (Å²) in [4.78, 5) is 12.9. The van der Waals surface area contributed by atoms with Gasteiger partial charge < -0.3 is 14.2 Å². The summed E-state index contributed by atoms with van der Waals surface area (Å²) in [5.41, 5.74) is 2.11. The number of hydrogen-bond donors (Lipinski definition) is 0. The summed E-state index contributed by atoms with van der Waals surface area (Å²) in [6.07, 6.45) is 3.42. The van der Waals surface area contributed by atoms with Gasteiger partial charge in [-0.25, -0.2) is 0 Å². The van der Waals surface area contributed by atoms with Gasteiger partial charge in [-0.2, -0.15) is 5.26 Å². The number of carbonyl (C=O) groups excluding carboxylic acids is 1. The van der Waals surface area contributed by atoms with Gasteiger partial charge in [0.25, 0.3) is 0 Å². The van der Waals surface area contributed by atoms with E-state index in [1.54, 1.807) is 12.1 Å². The fourth-order valence-electron chi connectivity index (χ4n) is 6.89. The van der Waals surface area contributed by atoms with Crippen molar-refractivity contribution < 1.29 is 19.0 Å². The molecule has 1 saturated heterocycles. The van der Waals surface area contributed by atoms with Gasteiger partial charge >= 0.3 is 0 Å². The van der Waals surface area contributed by atoms with Crippen LogP contribution in [0.3, 0.4) is 0 Å². The van der Waals surface area contributed by atoms with E-state index >= 15 is 0 Å². The molecule has 0 amide bonds. The Morgan fingerprint density at radius 2 is 1.89 bits per heavy atom. The van der Waals surface area contributed by atoms with Crippen LogP contribution in [0.5, 0.6) is 5.75 Å². The third-order valence-electron chi connectivity index (χ3n) is 9.19. The predicted octanol–water partition coefficient (Wildman–Crippen LogP) is 5.98. The first-order chi connectivity index (χ1) is 16.8. The molecule has 0 radical (unpaired) electrons. The van der Waals surface area contributed by atoms with Crippen LogP contribution < -0.4 is 4.74 Å². The molecule has 184 valence electrons. The van der Waals surface area contributed by atoms with Crippen LogP contribution >= 0.6 is 0 Å². The topological polar surface area (TPSA) is 68.6 Å². The number of nitrogens with zero attached hydrogens (tertiary/aromatic N) is 1. The lowest BCUT2D eigenvalue weighted by atomic mass is 9.70. The van der Waals surface area contributed by atoms with Crippen LogP contribution in [-0.2, 0) is 15.9 Å². The van der Waals surface area contributed by atoms with Gasteiger partial charge in [0, 0.05) is 12.8 Å². The van der Waals surface area contributed by atoms with E-state index in [2.05, 4.69) is 26.8 Å². The normalized spacial score (nSPS) is 31.0. The molecule has 0 N–H and O–H groups in total. The second kappa shape index (κ2) is 9.41. The zero-order valence-electron chi connectivity index (χ0n) is 20.9. The van der Waals surface area contributed by atoms with E-state index in [1.807, 2.05) is 42.5 Å². The summed E-state index contributed by atoms with van der Waals surface area (Å²) in [6, 6.07) is 19.4. The minimum Gasteiger partial charge on any atom is -0.489 e. The lowest BCUT2D eigenvalue weighted by Crippen LogP contribution is -2.38. The van der Waals surface area contributed by atoms with Crippen molar-refractivity contribution in [3.05, 3.63) is 65.7 Å². The number of rotatable bonds is 9. The number of para-hydroxylation sites is 1. The van der Waals surface area contributed by atoms with Crippen LogP contribution in [0.15, 0.2) is 54.6 Å². The maximum absolute atomic E-state index is 12.9. The summed E-state index contributed by atoms with van der Waals surface area (Å²) in [5.74, 6) is 1.66. The zero-order valence-corrected chi connectivity index (χ0v) is 20.9. The molecule has 5 rings (SSSR count). The summed E-state index contributed by atoms with van der Waals surface area (Å²) in [7, 11) is 0. The van der Waals surface area contributed by atoms with Gasteiger partial charge in [-0.15, -0.1) is 0 Å². The Balaban J connectivity index is 1.17. The van der Waals surface area contributed by atoms with Crippen molar-refractivity contribution in [1.82, 2.24) is 0 Å². The molecule has 5 nitrogen and oxygen atoms in total. The minimum absolute atomic E-state index is 0.0252. The Morgan fingerprint density at radius 1 is 1.14 bits per heavy atom. The minimum atomic E-state index is -0.759. The second-order valence-corrected chi connectivity index (χ2v) is 11.1. The van der Waals surface area contributed by atoms with Crippen molar-refractivity contribution in [3.8, 4) is 11.8 Å². The number of ketones is 1. The van der Waals surface area contributed by atoms with Gasteiger partial charge in [-0.1, -0.05) is 63.2 Å². The summed E-state index contributed by atoms with van der Waals surface area (Å²) < 4.78 is 18.4. The second-order valence-electron chi connectivity index (χ2n) is 11.1. The average molecular weight is 474 g/mol. The van der Waals surface area contributed by atoms with Crippen molar-refractivity contribution >= 4 is 5.78 Å². The Hall–Kier alpha value is -2.68. The van der Waals surface area contributed by atoms with Crippen molar-refractivity contribution in [1.29, 1.82) is 5.26 Å². The Labute approximate surface area is 208 Å². The maximum atomic E-state index is 12.9. The number of hydrogen-bond acceptors (Lipinski definition) is 5. The van der Waals surface area contributed by atoms with Gasteiger partial charge in [0.05, 0.1) is 17.7 Å². The standard InChI is InChI=1S/C30H35NO4/c1-29(2)24-15-16-30(29,3)28-23(24)17-27(35-28)34-21(18-31)19-33-26-12-8-7-11-22(26)25(32)14-13-20-9-5-4-6-10-20/h4-12,21,23-24,27-28H,13-17,19H2,1-3H3/t21-,23-,24+,27-,28-,30-/m0/s1. The Morgan fingerprint density at radius 3 is 2.63 bits per heavy atom. The first-order valence-electron chi connectivity index (χ1n) is 12.8. The lowest BCUT2D eigenvalue weighted by molar-refractivity contribution is -0.180. The van der Waals surface area contributed by atoms with Gasteiger partial charge in [0.2, 0.25) is 0 Å².